The van der Waals surface area contributed by atoms with Gasteiger partial charge in [0.1, 0.15) is 5.75 Å². The van der Waals surface area contributed by atoms with Gasteiger partial charge in [0.15, 0.2) is 0 Å². The Bertz CT molecular complexity index is 520. The molecule has 1 aromatic rings. The van der Waals surface area contributed by atoms with Crippen LogP contribution in [0.3, 0.4) is 0 Å². The van der Waals surface area contributed by atoms with Crippen LogP contribution in [0, 0.1) is 0 Å². The highest BCUT2D eigenvalue weighted by molar-refractivity contribution is 5.84. The van der Waals surface area contributed by atoms with E-state index in [0.717, 1.165) is 30.6 Å². The maximum Gasteiger partial charge on any atom is 0.305 e. The summed E-state index contributed by atoms with van der Waals surface area (Å²) in [6.45, 7) is 1.82. The second-order valence-electron chi connectivity index (χ2n) is 5.69. The van der Waals surface area contributed by atoms with Crippen molar-refractivity contribution in [3.63, 3.8) is 0 Å². The monoisotopic (exact) mass is 291 g/mol. The van der Waals surface area contributed by atoms with Crippen LogP contribution >= 0.6 is 0 Å². The number of carboxylic acid groups (broad SMARTS) is 1. The molecule has 0 saturated heterocycles. The highest BCUT2D eigenvalue weighted by atomic mass is 16.5. The van der Waals surface area contributed by atoms with E-state index in [1.165, 1.54) is 0 Å². The van der Waals surface area contributed by atoms with Gasteiger partial charge in [-0.2, -0.15) is 0 Å². The van der Waals surface area contributed by atoms with Crippen LogP contribution in [0.1, 0.15) is 44.1 Å². The lowest BCUT2D eigenvalue weighted by molar-refractivity contribution is -0.140. The van der Waals surface area contributed by atoms with Gasteiger partial charge >= 0.3 is 5.97 Å². The average molecular weight is 291 g/mol. The molecule has 0 spiro atoms. The van der Waals surface area contributed by atoms with Crippen molar-refractivity contribution < 1.29 is 19.4 Å². The summed E-state index contributed by atoms with van der Waals surface area (Å²) < 4.78 is 5.09. The molecule has 1 unspecified atom stereocenters. The van der Waals surface area contributed by atoms with Crippen molar-refractivity contribution in [2.75, 3.05) is 7.11 Å². The molecule has 21 heavy (non-hydrogen) atoms. The van der Waals surface area contributed by atoms with Gasteiger partial charge in [0.05, 0.1) is 25.0 Å². The second kappa shape index (κ2) is 6.16. The van der Waals surface area contributed by atoms with Crippen LogP contribution in [0.2, 0.25) is 0 Å². The van der Waals surface area contributed by atoms with Crippen molar-refractivity contribution in [3.8, 4) is 5.75 Å². The predicted octanol–water partition coefficient (Wildman–Crippen LogP) is 2.31. The van der Waals surface area contributed by atoms with E-state index in [0.29, 0.717) is 0 Å². The number of amides is 1. The summed E-state index contributed by atoms with van der Waals surface area (Å²) in [7, 11) is 1.59. The number of methoxy groups -OCH3 is 1. The number of hydrogen-bond donors (Lipinski definition) is 2. The fourth-order valence-electron chi connectivity index (χ4n) is 2.65. The zero-order chi connectivity index (χ0) is 15.5. The lowest BCUT2D eigenvalue weighted by Crippen LogP contribution is -2.55. The summed E-state index contributed by atoms with van der Waals surface area (Å²) >= 11 is 0. The molecule has 0 heterocycles. The highest BCUT2D eigenvalue weighted by Crippen LogP contribution is 2.35. The van der Waals surface area contributed by atoms with Crippen molar-refractivity contribution in [1.82, 2.24) is 5.32 Å². The summed E-state index contributed by atoms with van der Waals surface area (Å²) in [5, 5.41) is 11.9. The Balaban J connectivity index is 2.02. The minimum atomic E-state index is -0.868. The van der Waals surface area contributed by atoms with Crippen molar-refractivity contribution in [1.29, 1.82) is 0 Å². The standard InChI is InChI=1S/C16H21NO4/c1-11(12-4-6-13(21-2)7-5-12)15(20)17-16(8-3-9-16)10-14(18)19/h4-7,11H,3,8-10H2,1-2H3,(H,17,20)(H,18,19). The fraction of sp³-hybridized carbons (Fsp3) is 0.500. The molecular weight excluding hydrogens is 270 g/mol. The number of benzene rings is 1. The van der Waals surface area contributed by atoms with Crippen LogP contribution in [-0.2, 0) is 9.59 Å². The normalized spacial score (nSPS) is 17.4. The van der Waals surface area contributed by atoms with Crippen LogP contribution in [0.4, 0.5) is 0 Å². The summed E-state index contributed by atoms with van der Waals surface area (Å²) in [5.74, 6) is -0.567. The third kappa shape index (κ3) is 3.54. The Morgan fingerprint density at radius 3 is 2.38 bits per heavy atom. The number of carboxylic acids is 1. The van der Waals surface area contributed by atoms with Gasteiger partial charge in [-0.3, -0.25) is 9.59 Å². The first kappa shape index (κ1) is 15.4. The average Bonchev–Trinajstić information content (AvgIpc) is 2.43. The van der Waals surface area contributed by atoms with Crippen LogP contribution in [-0.4, -0.2) is 29.6 Å². The third-order valence-corrected chi connectivity index (χ3v) is 4.20. The van der Waals surface area contributed by atoms with Crippen LogP contribution in [0.15, 0.2) is 24.3 Å². The van der Waals surface area contributed by atoms with Crippen molar-refractivity contribution in [3.05, 3.63) is 29.8 Å². The van der Waals surface area contributed by atoms with E-state index in [4.69, 9.17) is 9.84 Å². The first-order valence-corrected chi connectivity index (χ1v) is 7.13. The van der Waals surface area contributed by atoms with Gasteiger partial charge in [-0.15, -0.1) is 0 Å². The van der Waals surface area contributed by atoms with E-state index in [1.54, 1.807) is 7.11 Å². The van der Waals surface area contributed by atoms with Crippen molar-refractivity contribution in [2.24, 2.45) is 0 Å². The maximum absolute atomic E-state index is 12.4. The van der Waals surface area contributed by atoms with Gasteiger partial charge in [-0.25, -0.2) is 0 Å². The van der Waals surface area contributed by atoms with Crippen LogP contribution in [0.5, 0.6) is 5.75 Å². The molecule has 1 aliphatic carbocycles. The van der Waals surface area contributed by atoms with E-state index in [2.05, 4.69) is 5.32 Å². The van der Waals surface area contributed by atoms with E-state index < -0.39 is 11.5 Å². The molecule has 1 amide bonds. The van der Waals surface area contributed by atoms with Crippen molar-refractivity contribution in [2.45, 2.75) is 44.1 Å². The maximum atomic E-state index is 12.4. The number of nitrogens with one attached hydrogen (secondary N) is 1. The van der Waals surface area contributed by atoms with E-state index in [9.17, 15) is 9.59 Å². The topological polar surface area (TPSA) is 75.6 Å². The van der Waals surface area contributed by atoms with Crippen LogP contribution in [0.25, 0.3) is 0 Å². The molecule has 2 N–H and O–H groups in total. The molecule has 0 radical (unpaired) electrons. The molecule has 0 aliphatic heterocycles. The van der Waals surface area contributed by atoms with E-state index >= 15 is 0 Å². The first-order valence-electron chi connectivity index (χ1n) is 7.13. The molecule has 1 atom stereocenters. The Labute approximate surface area is 124 Å². The van der Waals surface area contributed by atoms with Gasteiger partial charge < -0.3 is 15.2 Å². The van der Waals surface area contributed by atoms with E-state index in [-0.39, 0.29) is 18.2 Å². The smallest absolute Gasteiger partial charge is 0.305 e. The lowest BCUT2D eigenvalue weighted by atomic mass is 9.74. The van der Waals surface area contributed by atoms with E-state index in [1.807, 2.05) is 31.2 Å². The molecule has 1 aromatic carbocycles. The van der Waals surface area contributed by atoms with Crippen LogP contribution < -0.4 is 10.1 Å². The molecule has 2 rings (SSSR count). The first-order chi connectivity index (χ1) is 9.96. The van der Waals surface area contributed by atoms with Gasteiger partial charge in [0, 0.05) is 0 Å². The molecule has 1 fully saturated rings. The lowest BCUT2D eigenvalue weighted by Gasteiger charge is -2.42. The zero-order valence-corrected chi connectivity index (χ0v) is 12.4. The minimum Gasteiger partial charge on any atom is -0.497 e. The number of hydrogen-bond acceptors (Lipinski definition) is 3. The van der Waals surface area contributed by atoms with Gasteiger partial charge in [-0.1, -0.05) is 12.1 Å². The summed E-state index contributed by atoms with van der Waals surface area (Å²) in [4.78, 5) is 23.3. The summed E-state index contributed by atoms with van der Waals surface area (Å²) in [5.41, 5.74) is 0.335. The number of rotatable bonds is 6. The number of aliphatic carboxylic acids is 1. The minimum absolute atomic E-state index is 0.00588. The largest absolute Gasteiger partial charge is 0.497 e. The van der Waals surface area contributed by atoms with Gasteiger partial charge in [0.2, 0.25) is 5.91 Å². The summed E-state index contributed by atoms with van der Waals surface area (Å²) in [6.07, 6.45) is 2.43. The number of carbonyl (C=O) groups is 2. The molecule has 1 saturated carbocycles. The molecule has 5 heteroatoms. The molecule has 5 nitrogen and oxygen atoms in total. The predicted molar refractivity (Wildman–Crippen MR) is 78.4 cm³/mol. The SMILES string of the molecule is COc1ccc(C(C)C(=O)NC2(CC(=O)O)CCC2)cc1. The second-order valence-corrected chi connectivity index (χ2v) is 5.69. The number of ether oxygens (including phenoxy) is 1. The quantitative estimate of drug-likeness (QED) is 0.843. The van der Waals surface area contributed by atoms with Gasteiger partial charge in [0.25, 0.3) is 0 Å². The zero-order valence-electron chi connectivity index (χ0n) is 12.4. The van der Waals surface area contributed by atoms with Gasteiger partial charge in [-0.05, 0) is 43.9 Å². The highest BCUT2D eigenvalue weighted by Gasteiger charge is 2.41. The Hall–Kier alpha value is -2.04. The third-order valence-electron chi connectivity index (χ3n) is 4.20. The molecule has 0 aromatic heterocycles. The number of carbonyl (C=O) groups excluding carboxylic acids is 1. The molecule has 114 valence electrons. The molecule has 1 aliphatic rings. The Kier molecular flexibility index (Phi) is 4.50. The summed E-state index contributed by atoms with van der Waals surface area (Å²) in [6, 6.07) is 7.34. The fourth-order valence-corrected chi connectivity index (χ4v) is 2.65. The Morgan fingerprint density at radius 1 is 1.33 bits per heavy atom. The Morgan fingerprint density at radius 2 is 1.95 bits per heavy atom. The molecule has 0 bridgehead atoms. The van der Waals surface area contributed by atoms with Crippen molar-refractivity contribution >= 4 is 11.9 Å². The molecular formula is C16H21NO4.